The topological polar surface area (TPSA) is 42.1 Å². The maximum absolute atomic E-state index is 6.56. The summed E-state index contributed by atoms with van der Waals surface area (Å²) < 4.78 is 9.00. The minimum atomic E-state index is -0.109. The van der Waals surface area contributed by atoms with E-state index in [1.165, 1.54) is 21.5 Å². The highest BCUT2D eigenvalue weighted by molar-refractivity contribution is 6.25. The van der Waals surface area contributed by atoms with Gasteiger partial charge in [0, 0.05) is 34.1 Å². The van der Waals surface area contributed by atoms with Crippen molar-refractivity contribution in [2.24, 2.45) is 9.98 Å². The number of anilines is 3. The van der Waals surface area contributed by atoms with Gasteiger partial charge in [-0.3, -0.25) is 4.99 Å². The first-order chi connectivity index (χ1) is 30.2. The average Bonchev–Trinajstić information content (AvgIpc) is 3.69. The summed E-state index contributed by atoms with van der Waals surface area (Å²) in [4.78, 5) is 12.8. The van der Waals surface area contributed by atoms with Crippen LogP contribution in [0.4, 0.5) is 17.1 Å². The molecule has 1 atom stereocenters. The molecule has 0 spiro atoms. The first-order valence-electron chi connectivity index (χ1n) is 20.8. The Hall–Kier alpha value is -8.02. The fourth-order valence-corrected chi connectivity index (χ4v) is 9.31. The van der Waals surface area contributed by atoms with Gasteiger partial charge in [0.25, 0.3) is 0 Å². The van der Waals surface area contributed by atoms with E-state index >= 15 is 0 Å². The second-order valence-electron chi connectivity index (χ2n) is 15.7. The number of hydrogen-bond acceptors (Lipinski definition) is 4. The Kier molecular flexibility index (Phi) is 8.23. The predicted octanol–water partition coefficient (Wildman–Crippen LogP) is 14.6. The van der Waals surface area contributed by atoms with Crippen LogP contribution in [0.1, 0.15) is 29.2 Å². The molecule has 1 unspecified atom stereocenters. The number of aliphatic imine (C=N–C) groups is 2. The monoisotopic (exact) mass is 782 g/mol. The van der Waals surface area contributed by atoms with Gasteiger partial charge in [-0.05, 0) is 93.7 Å². The summed E-state index contributed by atoms with van der Waals surface area (Å²) in [5.41, 5.74) is 13.1. The lowest BCUT2D eigenvalue weighted by Crippen LogP contribution is -2.17. The number of fused-ring (bicyclic) bond motifs is 7. The molecule has 0 saturated heterocycles. The maximum atomic E-state index is 6.56. The van der Waals surface area contributed by atoms with Crippen molar-refractivity contribution in [3.8, 4) is 28.3 Å². The highest BCUT2D eigenvalue weighted by Gasteiger charge is 2.28. The molecule has 12 rings (SSSR count). The quantitative estimate of drug-likeness (QED) is 0.169. The summed E-state index contributed by atoms with van der Waals surface area (Å²) in [6.07, 6.45) is 0.707. The normalized spacial score (nSPS) is 14.6. The molecular formula is C56H38N4O. The summed E-state index contributed by atoms with van der Waals surface area (Å²) >= 11 is 0. The SMILES string of the molecule is c1ccc(C2=NC(c3ccccc3)=NC(c3cccc(-n4c5cccc(-c6ccc7c(c6)N(c6ccccc6)c6ccccc6O7)c5c5c6ccccc6ccc54)c3)C2)cc1. The van der Waals surface area contributed by atoms with Gasteiger partial charge < -0.3 is 14.2 Å². The van der Waals surface area contributed by atoms with Crippen molar-refractivity contribution in [1.29, 1.82) is 0 Å². The minimum Gasteiger partial charge on any atom is -0.453 e. The van der Waals surface area contributed by atoms with E-state index in [9.17, 15) is 0 Å². The van der Waals surface area contributed by atoms with Crippen molar-refractivity contribution in [3.63, 3.8) is 0 Å². The first-order valence-corrected chi connectivity index (χ1v) is 20.8. The fourth-order valence-electron chi connectivity index (χ4n) is 9.31. The largest absolute Gasteiger partial charge is 0.453 e. The Morgan fingerprint density at radius 3 is 2.02 bits per heavy atom. The van der Waals surface area contributed by atoms with Gasteiger partial charge in [-0.2, -0.15) is 0 Å². The summed E-state index contributed by atoms with van der Waals surface area (Å²) in [5, 5.41) is 4.88. The lowest BCUT2D eigenvalue weighted by atomic mass is 9.95. The maximum Gasteiger partial charge on any atom is 0.155 e. The highest BCUT2D eigenvalue weighted by Crippen LogP contribution is 2.52. The van der Waals surface area contributed by atoms with Crippen LogP contribution in [0.2, 0.25) is 0 Å². The lowest BCUT2D eigenvalue weighted by molar-refractivity contribution is 0.477. The summed E-state index contributed by atoms with van der Waals surface area (Å²) in [6.45, 7) is 0. The van der Waals surface area contributed by atoms with Crippen LogP contribution in [-0.2, 0) is 0 Å². The molecule has 0 amide bonds. The number of nitrogens with zero attached hydrogens (tertiary/aromatic N) is 4. The van der Waals surface area contributed by atoms with E-state index < -0.39 is 0 Å². The summed E-state index contributed by atoms with van der Waals surface area (Å²) in [6, 6.07) is 75.1. The van der Waals surface area contributed by atoms with E-state index in [-0.39, 0.29) is 6.04 Å². The van der Waals surface area contributed by atoms with E-state index in [0.29, 0.717) is 6.42 Å². The third kappa shape index (κ3) is 5.93. The molecule has 10 aromatic rings. The summed E-state index contributed by atoms with van der Waals surface area (Å²) in [7, 11) is 0. The average molecular weight is 783 g/mol. The standard InChI is InChI=1S/C56H38N4O/c1-4-17-38(18-5-1)46-36-47(58-56(57-46)39-19-6-2-7-20-39)41-21-14-24-43(34-41)60-49-28-15-26-45(55(49)54-44-25-11-10-16-37(44)30-32-50(54)60)40-31-33-53-51(35-40)59(42-22-8-3-9-23-42)48-27-12-13-29-52(48)61-53/h1-35,47H,36H2. The fraction of sp³-hybridized carbons (Fsp3) is 0.0357. The van der Waals surface area contributed by atoms with Crippen LogP contribution in [0.3, 0.4) is 0 Å². The van der Waals surface area contributed by atoms with E-state index in [1.54, 1.807) is 0 Å². The highest BCUT2D eigenvalue weighted by atomic mass is 16.5. The number of ether oxygens (including phenoxy) is 1. The van der Waals surface area contributed by atoms with Gasteiger partial charge in [-0.25, -0.2) is 4.99 Å². The van der Waals surface area contributed by atoms with Gasteiger partial charge in [-0.1, -0.05) is 152 Å². The van der Waals surface area contributed by atoms with Gasteiger partial charge in [0.05, 0.1) is 34.2 Å². The molecule has 5 nitrogen and oxygen atoms in total. The molecule has 2 aliphatic heterocycles. The molecule has 0 N–H and O–H groups in total. The van der Waals surface area contributed by atoms with Gasteiger partial charge in [0.2, 0.25) is 0 Å². The molecule has 0 aliphatic carbocycles. The van der Waals surface area contributed by atoms with Crippen LogP contribution in [0.15, 0.2) is 222 Å². The van der Waals surface area contributed by atoms with Crippen LogP contribution in [0.25, 0.3) is 49.4 Å². The van der Waals surface area contributed by atoms with Gasteiger partial charge in [0.1, 0.15) is 0 Å². The van der Waals surface area contributed by atoms with Crippen molar-refractivity contribution < 1.29 is 4.74 Å². The molecule has 0 saturated carbocycles. The smallest absolute Gasteiger partial charge is 0.155 e. The molecular weight excluding hydrogens is 745 g/mol. The molecule has 0 bridgehead atoms. The van der Waals surface area contributed by atoms with E-state index in [4.69, 9.17) is 14.7 Å². The van der Waals surface area contributed by atoms with Gasteiger partial charge in [0.15, 0.2) is 17.3 Å². The molecule has 288 valence electrons. The Morgan fingerprint density at radius 2 is 1.16 bits per heavy atom. The van der Waals surface area contributed by atoms with E-state index in [2.05, 4.69) is 204 Å². The van der Waals surface area contributed by atoms with Crippen LogP contribution >= 0.6 is 0 Å². The Bertz CT molecular complexity index is 3370. The number of para-hydroxylation sites is 3. The number of amidine groups is 1. The van der Waals surface area contributed by atoms with Gasteiger partial charge >= 0.3 is 0 Å². The third-order valence-corrected chi connectivity index (χ3v) is 12.1. The number of aromatic nitrogens is 1. The van der Waals surface area contributed by atoms with Crippen LogP contribution in [0, 0.1) is 0 Å². The Balaban J connectivity index is 1.04. The zero-order valence-electron chi connectivity index (χ0n) is 33.2. The van der Waals surface area contributed by atoms with Crippen molar-refractivity contribution in [1.82, 2.24) is 4.57 Å². The Morgan fingerprint density at radius 1 is 0.475 bits per heavy atom. The second kappa shape index (κ2) is 14.4. The third-order valence-electron chi connectivity index (χ3n) is 12.1. The zero-order chi connectivity index (χ0) is 40.3. The molecule has 2 aliphatic rings. The lowest BCUT2D eigenvalue weighted by Gasteiger charge is -2.33. The van der Waals surface area contributed by atoms with Crippen molar-refractivity contribution in [2.45, 2.75) is 12.5 Å². The van der Waals surface area contributed by atoms with Crippen LogP contribution in [0.5, 0.6) is 11.5 Å². The Labute approximate surface area is 353 Å². The zero-order valence-corrected chi connectivity index (χ0v) is 33.2. The van der Waals surface area contributed by atoms with Crippen LogP contribution in [-0.4, -0.2) is 16.1 Å². The van der Waals surface area contributed by atoms with Crippen molar-refractivity contribution in [3.05, 3.63) is 229 Å². The van der Waals surface area contributed by atoms with Gasteiger partial charge in [-0.15, -0.1) is 0 Å². The van der Waals surface area contributed by atoms with E-state index in [1.807, 2.05) is 18.2 Å². The molecule has 61 heavy (non-hydrogen) atoms. The predicted molar refractivity (Wildman–Crippen MR) is 252 cm³/mol. The first kappa shape index (κ1) is 35.0. The number of hydrogen-bond donors (Lipinski definition) is 0. The molecule has 9 aromatic carbocycles. The second-order valence-corrected chi connectivity index (χ2v) is 15.7. The minimum absolute atomic E-state index is 0.109. The van der Waals surface area contributed by atoms with Crippen LogP contribution < -0.4 is 9.64 Å². The van der Waals surface area contributed by atoms with Crippen molar-refractivity contribution >= 4 is 61.2 Å². The number of benzene rings is 9. The molecule has 3 heterocycles. The van der Waals surface area contributed by atoms with E-state index in [0.717, 1.165) is 84.6 Å². The number of rotatable bonds is 6. The molecule has 0 radical (unpaired) electrons. The molecule has 1 aromatic heterocycles. The van der Waals surface area contributed by atoms with Crippen molar-refractivity contribution in [2.75, 3.05) is 4.90 Å². The summed E-state index contributed by atoms with van der Waals surface area (Å²) in [5.74, 6) is 2.42. The molecule has 0 fully saturated rings. The molecule has 5 heteroatoms.